The number of carbonyl (C=O) groups excluding carboxylic acids is 1. The highest BCUT2D eigenvalue weighted by atomic mass is 35.5. The maximum absolute atomic E-state index is 12.9. The molecule has 1 saturated heterocycles. The lowest BCUT2D eigenvalue weighted by Crippen LogP contribution is -2.39. The molecule has 3 rings (SSSR count). The zero-order chi connectivity index (χ0) is 16.2. The van der Waals surface area contributed by atoms with Crippen molar-refractivity contribution in [2.24, 2.45) is 0 Å². The molecule has 1 aliphatic heterocycles. The average molecular weight is 336 g/mol. The summed E-state index contributed by atoms with van der Waals surface area (Å²) in [5.41, 5.74) is 0.459. The Balaban J connectivity index is 1.86. The molecule has 0 aromatic carbocycles. The van der Waals surface area contributed by atoms with Crippen LogP contribution < -0.4 is 0 Å². The van der Waals surface area contributed by atoms with E-state index in [-0.39, 0.29) is 11.9 Å². The first-order chi connectivity index (χ1) is 11.2. The Morgan fingerprint density at radius 3 is 3.17 bits per heavy atom. The van der Waals surface area contributed by atoms with Crippen molar-refractivity contribution >= 4 is 17.5 Å². The van der Waals surface area contributed by atoms with Crippen LogP contribution in [0.5, 0.6) is 0 Å². The van der Waals surface area contributed by atoms with Crippen LogP contribution in [0.3, 0.4) is 0 Å². The van der Waals surface area contributed by atoms with Crippen LogP contribution >= 0.6 is 11.6 Å². The van der Waals surface area contributed by atoms with E-state index < -0.39 is 0 Å². The topological polar surface area (TPSA) is 84.0 Å². The van der Waals surface area contributed by atoms with Gasteiger partial charge in [-0.2, -0.15) is 5.10 Å². The molecule has 2 aromatic rings. The number of rotatable bonds is 4. The first-order valence-electron chi connectivity index (χ1n) is 7.51. The van der Waals surface area contributed by atoms with Gasteiger partial charge in [0.05, 0.1) is 16.6 Å². The molecule has 1 fully saturated rings. The smallest absolute Gasteiger partial charge is 0.256 e. The number of H-pyrrole nitrogens is 1. The highest BCUT2D eigenvalue weighted by Crippen LogP contribution is 2.31. The van der Waals surface area contributed by atoms with Crippen molar-refractivity contribution in [1.82, 2.24) is 25.1 Å². The van der Waals surface area contributed by atoms with E-state index in [0.717, 1.165) is 19.3 Å². The molecule has 0 spiro atoms. The van der Waals surface area contributed by atoms with Crippen molar-refractivity contribution in [3.63, 3.8) is 0 Å². The molecule has 2 aromatic heterocycles. The van der Waals surface area contributed by atoms with E-state index in [1.807, 2.05) is 0 Å². The van der Waals surface area contributed by atoms with Crippen LogP contribution in [0.1, 0.15) is 47.3 Å². The molecule has 0 bridgehead atoms. The third-order valence-corrected chi connectivity index (χ3v) is 4.20. The number of methoxy groups -OCH3 is 1. The van der Waals surface area contributed by atoms with Crippen LogP contribution in [0.4, 0.5) is 0 Å². The van der Waals surface area contributed by atoms with E-state index >= 15 is 0 Å². The summed E-state index contributed by atoms with van der Waals surface area (Å²) in [6.45, 7) is 1.03. The number of hydrogen-bond acceptors (Lipinski definition) is 5. The Hall–Kier alpha value is -1.99. The van der Waals surface area contributed by atoms with Crippen molar-refractivity contribution in [3.8, 4) is 0 Å². The molecule has 1 N–H and O–H groups in total. The van der Waals surface area contributed by atoms with Gasteiger partial charge in [0.1, 0.15) is 6.61 Å². The molecule has 7 nitrogen and oxygen atoms in total. The predicted octanol–water partition coefficient (Wildman–Crippen LogP) is 2.37. The second-order valence-corrected chi connectivity index (χ2v) is 5.85. The van der Waals surface area contributed by atoms with E-state index in [4.69, 9.17) is 16.3 Å². The van der Waals surface area contributed by atoms with Crippen molar-refractivity contribution in [1.29, 1.82) is 0 Å². The number of nitrogens with zero attached hydrogens (tertiary/aromatic N) is 4. The summed E-state index contributed by atoms with van der Waals surface area (Å²) >= 11 is 6.11. The van der Waals surface area contributed by atoms with Crippen LogP contribution in [0.15, 0.2) is 18.5 Å². The van der Waals surface area contributed by atoms with Crippen molar-refractivity contribution in [2.75, 3.05) is 13.7 Å². The molecule has 0 radical (unpaired) electrons. The lowest BCUT2D eigenvalue weighted by molar-refractivity contribution is 0.0600. The summed E-state index contributed by atoms with van der Waals surface area (Å²) in [6, 6.07) is 1.49. The van der Waals surface area contributed by atoms with E-state index in [1.54, 1.807) is 24.3 Å². The van der Waals surface area contributed by atoms with Crippen molar-refractivity contribution < 1.29 is 9.53 Å². The van der Waals surface area contributed by atoms with Crippen molar-refractivity contribution in [3.05, 3.63) is 40.7 Å². The van der Waals surface area contributed by atoms with Crippen molar-refractivity contribution in [2.45, 2.75) is 31.9 Å². The van der Waals surface area contributed by atoms with Gasteiger partial charge in [-0.15, -0.1) is 0 Å². The average Bonchev–Trinajstić information content (AvgIpc) is 3.04. The number of aromatic amines is 1. The third-order valence-electron chi connectivity index (χ3n) is 3.89. The molecule has 0 saturated carbocycles. The molecule has 122 valence electrons. The fraction of sp³-hybridized carbons (Fsp3) is 0.467. The van der Waals surface area contributed by atoms with Gasteiger partial charge in [-0.25, -0.2) is 4.98 Å². The standard InChI is InChI=1S/C15H18ClN5O2/c1-23-9-13-18-14(20-19-13)12-4-2-3-7-21(12)15(22)10-5-6-17-8-11(10)16/h5-6,8,12H,2-4,7,9H2,1H3,(H,18,19,20)/t12-/m1/s1. The van der Waals surface area contributed by atoms with Crippen LogP contribution in [0.2, 0.25) is 5.02 Å². The predicted molar refractivity (Wildman–Crippen MR) is 84.0 cm³/mol. The summed E-state index contributed by atoms with van der Waals surface area (Å²) in [6.07, 6.45) is 5.88. The third kappa shape index (κ3) is 3.35. The molecule has 23 heavy (non-hydrogen) atoms. The molecular formula is C15H18ClN5O2. The number of hydrogen-bond donors (Lipinski definition) is 1. The van der Waals surface area contributed by atoms with Gasteiger partial charge in [-0.05, 0) is 25.3 Å². The van der Waals surface area contributed by atoms with E-state index in [1.165, 1.54) is 6.20 Å². The molecule has 0 aliphatic carbocycles. The number of aromatic nitrogens is 4. The summed E-state index contributed by atoms with van der Waals surface area (Å²) < 4.78 is 5.05. The monoisotopic (exact) mass is 335 g/mol. The number of carbonyl (C=O) groups is 1. The van der Waals surface area contributed by atoms with Gasteiger partial charge in [0, 0.05) is 26.0 Å². The number of nitrogens with one attached hydrogen (secondary N) is 1. The number of likely N-dealkylation sites (tertiary alicyclic amines) is 1. The Labute approximate surface area is 139 Å². The zero-order valence-electron chi connectivity index (χ0n) is 12.8. The van der Waals surface area contributed by atoms with Gasteiger partial charge in [-0.1, -0.05) is 11.6 Å². The molecule has 1 atom stereocenters. The SMILES string of the molecule is COCc1nc([C@H]2CCCCN2C(=O)c2ccncc2Cl)n[nH]1. The highest BCUT2D eigenvalue weighted by Gasteiger charge is 2.32. The van der Waals surface area contributed by atoms with Gasteiger partial charge in [0.15, 0.2) is 11.6 Å². The zero-order valence-corrected chi connectivity index (χ0v) is 13.6. The fourth-order valence-corrected chi connectivity index (χ4v) is 3.01. The minimum atomic E-state index is -0.151. The lowest BCUT2D eigenvalue weighted by atomic mass is 10.0. The first kappa shape index (κ1) is 15.9. The van der Waals surface area contributed by atoms with Crippen LogP contribution in [0.25, 0.3) is 0 Å². The van der Waals surface area contributed by atoms with Crippen LogP contribution in [-0.2, 0) is 11.3 Å². The quantitative estimate of drug-likeness (QED) is 0.927. The largest absolute Gasteiger partial charge is 0.377 e. The minimum Gasteiger partial charge on any atom is -0.377 e. The normalized spacial score (nSPS) is 18.2. The Morgan fingerprint density at radius 1 is 1.52 bits per heavy atom. The van der Waals surface area contributed by atoms with Crippen LogP contribution in [0, 0.1) is 0 Å². The Kier molecular flexibility index (Phi) is 4.88. The number of piperidine rings is 1. The molecule has 0 unspecified atom stereocenters. The lowest BCUT2D eigenvalue weighted by Gasteiger charge is -2.34. The summed E-state index contributed by atoms with van der Waals surface area (Å²) in [7, 11) is 1.60. The summed E-state index contributed by atoms with van der Waals surface area (Å²) in [5, 5.41) is 7.46. The number of ether oxygens (including phenoxy) is 1. The molecule has 3 heterocycles. The first-order valence-corrected chi connectivity index (χ1v) is 7.89. The molecular weight excluding hydrogens is 318 g/mol. The maximum Gasteiger partial charge on any atom is 0.256 e. The molecule has 8 heteroatoms. The molecule has 1 amide bonds. The second kappa shape index (κ2) is 7.06. The van der Waals surface area contributed by atoms with Gasteiger partial charge >= 0.3 is 0 Å². The van der Waals surface area contributed by atoms with Gasteiger partial charge in [-0.3, -0.25) is 14.9 Å². The van der Waals surface area contributed by atoms with Crippen LogP contribution in [-0.4, -0.2) is 44.6 Å². The number of amides is 1. The molecule has 1 aliphatic rings. The Bertz CT molecular complexity index is 690. The van der Waals surface area contributed by atoms with E-state index in [2.05, 4.69) is 20.2 Å². The Morgan fingerprint density at radius 2 is 2.39 bits per heavy atom. The van der Waals surface area contributed by atoms with Gasteiger partial charge < -0.3 is 9.64 Å². The van der Waals surface area contributed by atoms with E-state index in [0.29, 0.717) is 35.4 Å². The number of pyridine rings is 1. The summed E-state index contributed by atoms with van der Waals surface area (Å²) in [4.78, 5) is 23.0. The minimum absolute atomic E-state index is 0.111. The van der Waals surface area contributed by atoms with E-state index in [9.17, 15) is 4.79 Å². The maximum atomic E-state index is 12.9. The van der Waals surface area contributed by atoms with Gasteiger partial charge in [0.25, 0.3) is 5.91 Å². The second-order valence-electron chi connectivity index (χ2n) is 5.44. The summed E-state index contributed by atoms with van der Waals surface area (Å²) in [5.74, 6) is 1.16. The number of halogens is 1. The van der Waals surface area contributed by atoms with Gasteiger partial charge in [0.2, 0.25) is 0 Å². The fourth-order valence-electron chi connectivity index (χ4n) is 2.81. The highest BCUT2D eigenvalue weighted by molar-refractivity contribution is 6.33.